The number of fused-ring (bicyclic) bond motifs is 1. The van der Waals surface area contributed by atoms with Crippen molar-refractivity contribution in [1.29, 1.82) is 0 Å². The third-order valence-corrected chi connectivity index (χ3v) is 5.63. The number of anilines is 1. The smallest absolute Gasteiger partial charge is 0.255 e. The van der Waals surface area contributed by atoms with Crippen LogP contribution in [0.15, 0.2) is 79.0 Å². The largest absolute Gasteiger partial charge is 0.496 e. The quantitative estimate of drug-likeness (QED) is 0.457. The van der Waals surface area contributed by atoms with Crippen molar-refractivity contribution in [2.75, 3.05) is 32.6 Å². The van der Waals surface area contributed by atoms with E-state index in [0.29, 0.717) is 17.9 Å². The predicted octanol–water partition coefficient (Wildman–Crippen LogP) is 4.80. The molecule has 3 aromatic carbocycles. The first-order valence-corrected chi connectivity index (χ1v) is 10.3. The van der Waals surface area contributed by atoms with E-state index in [-0.39, 0.29) is 11.8 Å². The molecule has 1 atom stereocenters. The molecule has 158 valence electrons. The van der Waals surface area contributed by atoms with Gasteiger partial charge in [-0.1, -0.05) is 42.5 Å². The summed E-state index contributed by atoms with van der Waals surface area (Å²) in [4.78, 5) is 18.4. The Morgan fingerprint density at radius 1 is 1.00 bits per heavy atom. The highest BCUT2D eigenvalue weighted by Crippen LogP contribution is 2.31. The van der Waals surface area contributed by atoms with Gasteiger partial charge in [0.2, 0.25) is 0 Å². The number of nitrogens with zero attached hydrogens (tertiary/aromatic N) is 1. The number of H-pyrrole nitrogens is 1. The molecule has 0 aliphatic rings. The molecule has 0 bridgehead atoms. The summed E-state index contributed by atoms with van der Waals surface area (Å²) < 4.78 is 5.35. The van der Waals surface area contributed by atoms with Gasteiger partial charge in [-0.05, 0) is 41.5 Å². The van der Waals surface area contributed by atoms with Gasteiger partial charge in [-0.2, -0.15) is 0 Å². The molecule has 31 heavy (non-hydrogen) atoms. The molecule has 2 N–H and O–H groups in total. The van der Waals surface area contributed by atoms with Crippen molar-refractivity contribution >= 4 is 22.5 Å². The fourth-order valence-electron chi connectivity index (χ4n) is 3.92. The molecule has 5 heteroatoms. The fraction of sp³-hybridized carbons (Fsp3) is 0.192. The number of carbonyl (C=O) groups is 1. The third-order valence-electron chi connectivity index (χ3n) is 5.63. The number of aromatic nitrogens is 1. The van der Waals surface area contributed by atoms with Crippen LogP contribution in [-0.2, 0) is 0 Å². The number of hydrogen-bond donors (Lipinski definition) is 2. The molecule has 0 spiro atoms. The van der Waals surface area contributed by atoms with Gasteiger partial charge < -0.3 is 19.9 Å². The molecule has 1 amide bonds. The Labute approximate surface area is 182 Å². The van der Waals surface area contributed by atoms with Crippen molar-refractivity contribution in [1.82, 2.24) is 10.3 Å². The van der Waals surface area contributed by atoms with Gasteiger partial charge in [0.15, 0.2) is 0 Å². The second-order valence-corrected chi connectivity index (χ2v) is 7.74. The van der Waals surface area contributed by atoms with E-state index in [1.54, 1.807) is 19.2 Å². The first-order chi connectivity index (χ1) is 15.1. The monoisotopic (exact) mass is 413 g/mol. The van der Waals surface area contributed by atoms with E-state index < -0.39 is 0 Å². The van der Waals surface area contributed by atoms with Crippen molar-refractivity contribution in [3.05, 3.63) is 95.7 Å². The van der Waals surface area contributed by atoms with Crippen LogP contribution < -0.4 is 15.0 Å². The molecule has 0 radical (unpaired) electrons. The molecule has 4 aromatic rings. The maximum absolute atomic E-state index is 12.9. The van der Waals surface area contributed by atoms with Gasteiger partial charge in [-0.3, -0.25) is 4.79 Å². The van der Waals surface area contributed by atoms with Crippen LogP contribution in [0.25, 0.3) is 10.9 Å². The Kier molecular flexibility index (Phi) is 5.94. The molecular formula is C26H27N3O2. The van der Waals surface area contributed by atoms with E-state index in [1.807, 2.05) is 44.6 Å². The first-order valence-electron chi connectivity index (χ1n) is 10.3. The van der Waals surface area contributed by atoms with Crippen molar-refractivity contribution < 1.29 is 9.53 Å². The Bertz CT molecular complexity index is 1180. The third kappa shape index (κ3) is 4.26. The molecule has 0 saturated carbocycles. The van der Waals surface area contributed by atoms with Crippen LogP contribution >= 0.6 is 0 Å². The molecule has 1 unspecified atom stereocenters. The van der Waals surface area contributed by atoms with Gasteiger partial charge in [-0.15, -0.1) is 0 Å². The van der Waals surface area contributed by atoms with Crippen LogP contribution in [-0.4, -0.2) is 38.6 Å². The van der Waals surface area contributed by atoms with E-state index in [4.69, 9.17) is 4.74 Å². The average Bonchev–Trinajstić information content (AvgIpc) is 3.23. The summed E-state index contributed by atoms with van der Waals surface area (Å²) in [5, 5.41) is 4.28. The Balaban J connectivity index is 1.66. The van der Waals surface area contributed by atoms with Crippen LogP contribution in [0.2, 0.25) is 0 Å². The van der Waals surface area contributed by atoms with E-state index in [9.17, 15) is 4.79 Å². The average molecular weight is 414 g/mol. The number of para-hydroxylation sites is 2. The second kappa shape index (κ2) is 8.96. The van der Waals surface area contributed by atoms with Crippen LogP contribution in [0.1, 0.15) is 27.4 Å². The van der Waals surface area contributed by atoms with Gasteiger partial charge >= 0.3 is 0 Å². The number of aromatic amines is 1. The standard InChI is InChI=1S/C26H27N3O2/c1-29(2)19-14-12-18(13-15-19)22(23-17-27-24-10-6-4-8-20(23)24)16-28-26(30)21-9-5-7-11-25(21)31-3/h4-15,17,22,27H,16H2,1-3H3,(H,28,30). The number of rotatable bonds is 7. The molecule has 5 nitrogen and oxygen atoms in total. The summed E-state index contributed by atoms with van der Waals surface area (Å²) in [5.74, 6) is 0.428. The summed E-state index contributed by atoms with van der Waals surface area (Å²) in [6.07, 6.45) is 2.05. The summed E-state index contributed by atoms with van der Waals surface area (Å²) in [6, 6.07) is 24.0. The van der Waals surface area contributed by atoms with Gasteiger partial charge in [0, 0.05) is 49.3 Å². The van der Waals surface area contributed by atoms with Crippen molar-refractivity contribution in [3.63, 3.8) is 0 Å². The minimum Gasteiger partial charge on any atom is -0.496 e. The Morgan fingerprint density at radius 2 is 1.71 bits per heavy atom. The van der Waals surface area contributed by atoms with Gasteiger partial charge in [0.25, 0.3) is 5.91 Å². The normalized spacial score (nSPS) is 11.8. The maximum Gasteiger partial charge on any atom is 0.255 e. The lowest BCUT2D eigenvalue weighted by atomic mass is 9.90. The minimum absolute atomic E-state index is 0.00557. The highest BCUT2D eigenvalue weighted by Gasteiger charge is 2.20. The number of hydrogen-bond acceptors (Lipinski definition) is 3. The van der Waals surface area contributed by atoms with Crippen LogP contribution in [0.3, 0.4) is 0 Å². The topological polar surface area (TPSA) is 57.4 Å². The van der Waals surface area contributed by atoms with Crippen molar-refractivity contribution in [2.45, 2.75) is 5.92 Å². The molecule has 1 heterocycles. The highest BCUT2D eigenvalue weighted by molar-refractivity contribution is 5.97. The lowest BCUT2D eigenvalue weighted by Crippen LogP contribution is -2.29. The first kappa shape index (κ1) is 20.5. The second-order valence-electron chi connectivity index (χ2n) is 7.74. The molecule has 0 saturated heterocycles. The van der Waals surface area contributed by atoms with Crippen LogP contribution in [0.4, 0.5) is 5.69 Å². The number of amides is 1. The molecular weight excluding hydrogens is 386 g/mol. The van der Waals surface area contributed by atoms with E-state index >= 15 is 0 Å². The Hall–Kier alpha value is -3.73. The SMILES string of the molecule is COc1ccccc1C(=O)NCC(c1ccc(N(C)C)cc1)c1c[nH]c2ccccc12. The molecule has 0 aliphatic carbocycles. The van der Waals surface area contributed by atoms with Gasteiger partial charge in [0.1, 0.15) is 5.75 Å². The number of ether oxygens (including phenoxy) is 1. The number of carbonyl (C=O) groups excluding carboxylic acids is 1. The summed E-state index contributed by atoms with van der Waals surface area (Å²) in [7, 11) is 5.63. The highest BCUT2D eigenvalue weighted by atomic mass is 16.5. The van der Waals surface area contributed by atoms with Crippen LogP contribution in [0, 0.1) is 0 Å². The van der Waals surface area contributed by atoms with E-state index in [0.717, 1.165) is 27.7 Å². The molecule has 4 rings (SSSR count). The van der Waals surface area contributed by atoms with Crippen LogP contribution in [0.5, 0.6) is 5.75 Å². The van der Waals surface area contributed by atoms with Crippen molar-refractivity contribution in [3.8, 4) is 5.75 Å². The number of methoxy groups -OCH3 is 1. The zero-order chi connectivity index (χ0) is 21.8. The molecule has 0 aliphatic heterocycles. The zero-order valence-electron chi connectivity index (χ0n) is 18.1. The number of benzene rings is 3. The molecule has 0 fully saturated rings. The zero-order valence-corrected chi connectivity index (χ0v) is 18.1. The van der Waals surface area contributed by atoms with Crippen molar-refractivity contribution in [2.24, 2.45) is 0 Å². The lowest BCUT2D eigenvalue weighted by Gasteiger charge is -2.20. The lowest BCUT2D eigenvalue weighted by molar-refractivity contribution is 0.0949. The summed E-state index contributed by atoms with van der Waals surface area (Å²) in [6.45, 7) is 0.472. The summed E-state index contributed by atoms with van der Waals surface area (Å²) >= 11 is 0. The van der Waals surface area contributed by atoms with Gasteiger partial charge in [0.05, 0.1) is 12.7 Å². The van der Waals surface area contributed by atoms with Gasteiger partial charge in [-0.25, -0.2) is 0 Å². The fourth-order valence-corrected chi connectivity index (χ4v) is 3.92. The molecule has 1 aromatic heterocycles. The summed E-state index contributed by atoms with van der Waals surface area (Å²) in [5.41, 5.74) is 5.07. The number of nitrogens with one attached hydrogen (secondary N) is 2. The Morgan fingerprint density at radius 3 is 2.45 bits per heavy atom. The minimum atomic E-state index is -0.146. The predicted molar refractivity (Wildman–Crippen MR) is 126 cm³/mol. The maximum atomic E-state index is 12.9. The van der Waals surface area contributed by atoms with E-state index in [1.165, 1.54) is 0 Å². The van der Waals surface area contributed by atoms with E-state index in [2.05, 4.69) is 51.6 Å².